The van der Waals surface area contributed by atoms with Crippen LogP contribution in [0.15, 0.2) is 0 Å². The molecule has 1 N–H and O–H groups in total. The van der Waals surface area contributed by atoms with Gasteiger partial charge in [-0.05, 0) is 12.5 Å². The number of sulfonamides is 1. The minimum atomic E-state index is -3.39. The highest BCUT2D eigenvalue weighted by atomic mass is 35.5. The molecule has 1 fully saturated rings. The molecule has 0 bridgehead atoms. The zero-order valence-electron chi connectivity index (χ0n) is 9.19. The Labute approximate surface area is 101 Å². The summed E-state index contributed by atoms with van der Waals surface area (Å²) in [6.07, 6.45) is -2.46. The van der Waals surface area contributed by atoms with Crippen molar-refractivity contribution in [2.24, 2.45) is 11.8 Å². The molecule has 1 heterocycles. The van der Waals surface area contributed by atoms with Gasteiger partial charge in [-0.2, -0.15) is 0 Å². The Hall–Kier alpha value is 0.0200. The molecule has 0 aromatic carbocycles. The van der Waals surface area contributed by atoms with E-state index in [4.69, 9.17) is 0 Å². The van der Waals surface area contributed by atoms with Crippen LogP contribution in [0.5, 0.6) is 0 Å². The number of alkyl halides is 2. The molecular formula is C8H17ClF2N2O2S. The van der Waals surface area contributed by atoms with E-state index in [0.717, 1.165) is 4.31 Å². The Morgan fingerprint density at radius 3 is 2.38 bits per heavy atom. The van der Waals surface area contributed by atoms with Crippen LogP contribution in [-0.2, 0) is 10.0 Å². The standard InChI is InChI=1S/C8H16F2N2O2S.ClH/c1-12(2)15(13,14)5-6-3-11-4-7(6)8(9)10;/h6-8,11H,3-5H2,1-2H3;1H. The van der Waals surface area contributed by atoms with Gasteiger partial charge in [0, 0.05) is 26.6 Å². The van der Waals surface area contributed by atoms with Crippen LogP contribution in [0.2, 0.25) is 0 Å². The van der Waals surface area contributed by atoms with Gasteiger partial charge >= 0.3 is 0 Å². The molecule has 16 heavy (non-hydrogen) atoms. The van der Waals surface area contributed by atoms with Crippen molar-refractivity contribution < 1.29 is 17.2 Å². The van der Waals surface area contributed by atoms with Gasteiger partial charge < -0.3 is 5.32 Å². The van der Waals surface area contributed by atoms with Crippen LogP contribution >= 0.6 is 12.4 Å². The Morgan fingerprint density at radius 1 is 1.38 bits per heavy atom. The van der Waals surface area contributed by atoms with Crippen LogP contribution in [0, 0.1) is 11.8 Å². The summed E-state index contributed by atoms with van der Waals surface area (Å²) >= 11 is 0. The minimum absolute atomic E-state index is 0. The second kappa shape index (κ2) is 6.09. The highest BCUT2D eigenvalue weighted by Gasteiger charge is 2.37. The van der Waals surface area contributed by atoms with Crippen molar-refractivity contribution in [3.8, 4) is 0 Å². The molecule has 0 amide bonds. The molecule has 8 heteroatoms. The molecule has 1 aliphatic rings. The monoisotopic (exact) mass is 278 g/mol. The van der Waals surface area contributed by atoms with Gasteiger partial charge in [-0.25, -0.2) is 21.5 Å². The van der Waals surface area contributed by atoms with Gasteiger partial charge in [-0.3, -0.25) is 0 Å². The lowest BCUT2D eigenvalue weighted by Crippen LogP contribution is -2.33. The van der Waals surface area contributed by atoms with Gasteiger partial charge in [-0.15, -0.1) is 12.4 Å². The number of nitrogens with one attached hydrogen (secondary N) is 1. The van der Waals surface area contributed by atoms with Crippen LogP contribution in [0.4, 0.5) is 8.78 Å². The maximum absolute atomic E-state index is 12.5. The summed E-state index contributed by atoms with van der Waals surface area (Å²) in [4.78, 5) is 0. The Bertz CT molecular complexity index is 311. The van der Waals surface area contributed by atoms with Crippen molar-refractivity contribution in [3.05, 3.63) is 0 Å². The fraction of sp³-hybridized carbons (Fsp3) is 1.00. The van der Waals surface area contributed by atoms with E-state index < -0.39 is 28.3 Å². The van der Waals surface area contributed by atoms with Crippen molar-refractivity contribution in [3.63, 3.8) is 0 Å². The molecule has 1 aliphatic heterocycles. The fourth-order valence-corrected chi connectivity index (χ4v) is 2.85. The minimum Gasteiger partial charge on any atom is -0.316 e. The summed E-state index contributed by atoms with van der Waals surface area (Å²) < 4.78 is 49.1. The van der Waals surface area contributed by atoms with Crippen molar-refractivity contribution in [2.75, 3.05) is 32.9 Å². The molecule has 0 saturated carbocycles. The first-order chi connectivity index (χ1) is 6.84. The quantitative estimate of drug-likeness (QED) is 0.810. The van der Waals surface area contributed by atoms with E-state index in [9.17, 15) is 17.2 Å². The number of hydrogen-bond donors (Lipinski definition) is 1. The number of nitrogens with zero attached hydrogens (tertiary/aromatic N) is 1. The van der Waals surface area contributed by atoms with Crippen LogP contribution in [0.3, 0.4) is 0 Å². The zero-order chi connectivity index (χ0) is 11.6. The molecule has 0 spiro atoms. The molecular weight excluding hydrogens is 262 g/mol. The van der Waals surface area contributed by atoms with Crippen LogP contribution in [0.25, 0.3) is 0 Å². The first-order valence-electron chi connectivity index (χ1n) is 4.73. The molecule has 0 aromatic heterocycles. The number of hydrogen-bond acceptors (Lipinski definition) is 3. The molecule has 0 aliphatic carbocycles. The Kier molecular flexibility index (Phi) is 6.10. The SMILES string of the molecule is CN(C)S(=O)(=O)CC1CNCC1C(F)F.Cl. The summed E-state index contributed by atoms with van der Waals surface area (Å²) in [6, 6.07) is 0. The lowest BCUT2D eigenvalue weighted by Gasteiger charge is -2.19. The summed E-state index contributed by atoms with van der Waals surface area (Å²) in [5, 5.41) is 2.80. The van der Waals surface area contributed by atoms with E-state index in [1.54, 1.807) is 0 Å². The van der Waals surface area contributed by atoms with Crippen molar-refractivity contribution in [1.29, 1.82) is 0 Å². The molecule has 1 rings (SSSR count). The first kappa shape index (κ1) is 16.0. The van der Waals surface area contributed by atoms with Gasteiger partial charge in [-0.1, -0.05) is 0 Å². The van der Waals surface area contributed by atoms with Crippen molar-refractivity contribution in [2.45, 2.75) is 6.43 Å². The number of halogens is 3. The largest absolute Gasteiger partial charge is 0.316 e. The predicted molar refractivity (Wildman–Crippen MR) is 60.6 cm³/mol. The van der Waals surface area contributed by atoms with Crippen LogP contribution in [-0.4, -0.2) is 52.1 Å². The molecule has 2 unspecified atom stereocenters. The normalized spacial score (nSPS) is 26.1. The summed E-state index contributed by atoms with van der Waals surface area (Å²) in [7, 11) is -0.564. The molecule has 4 nitrogen and oxygen atoms in total. The first-order valence-corrected chi connectivity index (χ1v) is 6.34. The molecule has 2 atom stereocenters. The van der Waals surface area contributed by atoms with E-state index in [0.29, 0.717) is 6.54 Å². The summed E-state index contributed by atoms with van der Waals surface area (Å²) in [5.41, 5.74) is 0. The summed E-state index contributed by atoms with van der Waals surface area (Å²) in [6.45, 7) is 0.549. The zero-order valence-corrected chi connectivity index (χ0v) is 10.8. The van der Waals surface area contributed by atoms with Crippen molar-refractivity contribution in [1.82, 2.24) is 9.62 Å². The fourth-order valence-electron chi connectivity index (χ4n) is 1.65. The topological polar surface area (TPSA) is 49.4 Å². The van der Waals surface area contributed by atoms with Crippen LogP contribution < -0.4 is 5.32 Å². The third-order valence-corrected chi connectivity index (χ3v) is 4.66. The molecule has 0 aromatic rings. The van der Waals surface area contributed by atoms with E-state index >= 15 is 0 Å². The smallest absolute Gasteiger partial charge is 0.242 e. The summed E-state index contributed by atoms with van der Waals surface area (Å²) in [5.74, 6) is -1.54. The lowest BCUT2D eigenvalue weighted by molar-refractivity contribution is 0.0688. The highest BCUT2D eigenvalue weighted by Crippen LogP contribution is 2.25. The van der Waals surface area contributed by atoms with Gasteiger partial charge in [0.05, 0.1) is 5.75 Å². The highest BCUT2D eigenvalue weighted by molar-refractivity contribution is 7.89. The second-order valence-electron chi connectivity index (χ2n) is 3.98. The molecule has 98 valence electrons. The van der Waals surface area contributed by atoms with Gasteiger partial charge in [0.2, 0.25) is 16.4 Å². The van der Waals surface area contributed by atoms with E-state index in [-0.39, 0.29) is 24.7 Å². The van der Waals surface area contributed by atoms with Gasteiger partial charge in [0.25, 0.3) is 0 Å². The van der Waals surface area contributed by atoms with E-state index in [2.05, 4.69) is 5.32 Å². The third kappa shape index (κ3) is 3.80. The predicted octanol–water partition coefficient (Wildman–Crippen LogP) is 0.400. The second-order valence-corrected chi connectivity index (χ2v) is 6.21. The molecule has 0 radical (unpaired) electrons. The average Bonchev–Trinajstić information content (AvgIpc) is 2.51. The van der Waals surface area contributed by atoms with Gasteiger partial charge in [0.15, 0.2) is 0 Å². The van der Waals surface area contributed by atoms with Gasteiger partial charge in [0.1, 0.15) is 0 Å². The molecule has 1 saturated heterocycles. The van der Waals surface area contributed by atoms with Crippen LogP contribution in [0.1, 0.15) is 0 Å². The third-order valence-electron chi connectivity index (χ3n) is 2.70. The Morgan fingerprint density at radius 2 is 1.94 bits per heavy atom. The lowest BCUT2D eigenvalue weighted by atomic mass is 9.99. The van der Waals surface area contributed by atoms with E-state index in [1.807, 2.05) is 0 Å². The van der Waals surface area contributed by atoms with Crippen molar-refractivity contribution >= 4 is 22.4 Å². The maximum Gasteiger partial charge on any atom is 0.242 e. The number of rotatable bonds is 4. The Balaban J connectivity index is 0.00000225. The van der Waals surface area contributed by atoms with E-state index in [1.165, 1.54) is 14.1 Å². The maximum atomic E-state index is 12.5. The average molecular weight is 279 g/mol.